The molecule has 2 rings (SSSR count). The molecule has 4 amide bonds. The number of rotatable bonds is 24. The van der Waals surface area contributed by atoms with E-state index < -0.39 is 28.2 Å². The van der Waals surface area contributed by atoms with E-state index in [2.05, 4.69) is 21.3 Å². The molecule has 0 aliphatic carbocycles. The molecule has 292 valence electrons. The third-order valence-corrected chi connectivity index (χ3v) is 10.9. The second-order valence-corrected chi connectivity index (χ2v) is 15.6. The molecule has 2 atom stereocenters. The van der Waals surface area contributed by atoms with Gasteiger partial charge in [0.15, 0.2) is 0 Å². The third-order valence-electron chi connectivity index (χ3n) is 10.9. The Balaban J connectivity index is 2.05. The van der Waals surface area contributed by atoms with Crippen LogP contribution in [0.2, 0.25) is 0 Å². The highest BCUT2D eigenvalue weighted by molar-refractivity contribution is 5.88. The van der Waals surface area contributed by atoms with Crippen LogP contribution in [-0.4, -0.2) is 79.2 Å². The van der Waals surface area contributed by atoms with Gasteiger partial charge in [-0.25, -0.2) is 0 Å². The molecular formula is C39H64N6O7. The van der Waals surface area contributed by atoms with Crippen molar-refractivity contribution in [1.29, 1.82) is 0 Å². The summed E-state index contributed by atoms with van der Waals surface area (Å²) in [4.78, 5) is 50.0. The SMILES string of the molecule is CC(C(=O)NCCCCCNC(=O)CN)C(C)(C)CNC(C(=O)NCCOCc1cccc2cc(CO)c(O)cc12)C(C)(C)C(C)(C)CCC(N)=O. The summed E-state index contributed by atoms with van der Waals surface area (Å²) in [5, 5.41) is 33.8. The minimum atomic E-state index is -0.675. The number of phenols is 1. The van der Waals surface area contributed by atoms with Crippen LogP contribution in [0.1, 0.15) is 91.7 Å². The molecule has 2 aromatic rings. The number of primary amides is 1. The van der Waals surface area contributed by atoms with Gasteiger partial charge >= 0.3 is 0 Å². The first-order valence-corrected chi connectivity index (χ1v) is 18.3. The maximum atomic E-state index is 13.9. The lowest BCUT2D eigenvalue weighted by atomic mass is 9.61. The average molecular weight is 729 g/mol. The topological polar surface area (TPSA) is 218 Å². The van der Waals surface area contributed by atoms with Gasteiger partial charge in [0, 0.05) is 44.1 Å². The summed E-state index contributed by atoms with van der Waals surface area (Å²) in [5.41, 5.74) is 10.5. The molecule has 0 radical (unpaired) electrons. The minimum Gasteiger partial charge on any atom is -0.508 e. The fourth-order valence-corrected chi connectivity index (χ4v) is 6.00. The number of nitrogens with two attached hydrogens (primary N) is 2. The highest BCUT2D eigenvalue weighted by Crippen LogP contribution is 2.45. The van der Waals surface area contributed by atoms with Crippen molar-refractivity contribution >= 4 is 34.4 Å². The number of carbonyl (C=O) groups excluding carboxylic acids is 4. The van der Waals surface area contributed by atoms with E-state index >= 15 is 0 Å². The number of amides is 4. The van der Waals surface area contributed by atoms with Crippen LogP contribution in [0.25, 0.3) is 10.8 Å². The zero-order chi connectivity index (χ0) is 39.1. The molecule has 0 saturated carbocycles. The van der Waals surface area contributed by atoms with E-state index in [0.29, 0.717) is 31.6 Å². The third kappa shape index (κ3) is 13.0. The van der Waals surface area contributed by atoms with E-state index in [1.54, 1.807) is 12.1 Å². The second kappa shape index (κ2) is 20.5. The van der Waals surface area contributed by atoms with Gasteiger partial charge in [0.25, 0.3) is 0 Å². The Hall–Kier alpha value is -3.78. The van der Waals surface area contributed by atoms with Crippen LogP contribution in [0.5, 0.6) is 5.75 Å². The number of fused-ring (bicyclic) bond motifs is 1. The average Bonchev–Trinajstić information content (AvgIpc) is 3.09. The first kappa shape index (κ1) is 44.4. The minimum absolute atomic E-state index is 0.0200. The zero-order valence-corrected chi connectivity index (χ0v) is 32.3. The van der Waals surface area contributed by atoms with Crippen LogP contribution >= 0.6 is 0 Å². The molecule has 0 aromatic heterocycles. The van der Waals surface area contributed by atoms with Crippen molar-refractivity contribution in [2.75, 3.05) is 39.3 Å². The van der Waals surface area contributed by atoms with Crippen LogP contribution in [0.3, 0.4) is 0 Å². The van der Waals surface area contributed by atoms with Crippen LogP contribution in [0, 0.1) is 22.2 Å². The first-order chi connectivity index (χ1) is 24.4. The van der Waals surface area contributed by atoms with Gasteiger partial charge in [0.2, 0.25) is 23.6 Å². The highest BCUT2D eigenvalue weighted by atomic mass is 16.5. The van der Waals surface area contributed by atoms with Gasteiger partial charge in [-0.15, -0.1) is 0 Å². The number of aliphatic hydroxyl groups excluding tert-OH is 1. The van der Waals surface area contributed by atoms with Crippen molar-refractivity contribution in [3.8, 4) is 5.75 Å². The summed E-state index contributed by atoms with van der Waals surface area (Å²) in [6.45, 7) is 15.9. The number of benzene rings is 2. The predicted octanol–water partition coefficient (Wildman–Crippen LogP) is 2.97. The van der Waals surface area contributed by atoms with Gasteiger partial charge in [0.05, 0.1) is 32.4 Å². The number of hydrogen-bond acceptors (Lipinski definition) is 9. The van der Waals surface area contributed by atoms with Crippen molar-refractivity contribution in [2.45, 2.75) is 99.8 Å². The monoisotopic (exact) mass is 728 g/mol. The normalized spacial score (nSPS) is 13.4. The summed E-state index contributed by atoms with van der Waals surface area (Å²) in [6, 6.07) is 8.41. The van der Waals surface area contributed by atoms with Crippen molar-refractivity contribution in [3.05, 3.63) is 41.5 Å². The van der Waals surface area contributed by atoms with Gasteiger partial charge in [0.1, 0.15) is 5.75 Å². The number of unbranched alkanes of at least 4 members (excludes halogenated alkanes) is 2. The van der Waals surface area contributed by atoms with Crippen LogP contribution < -0.4 is 32.7 Å². The number of ether oxygens (including phenoxy) is 1. The second-order valence-electron chi connectivity index (χ2n) is 15.6. The Morgan fingerprint density at radius 1 is 0.885 bits per heavy atom. The molecule has 0 heterocycles. The summed E-state index contributed by atoms with van der Waals surface area (Å²) >= 11 is 0. The summed E-state index contributed by atoms with van der Waals surface area (Å²) in [6.07, 6.45) is 3.12. The first-order valence-electron chi connectivity index (χ1n) is 18.3. The Kier molecular flexibility index (Phi) is 17.5. The molecular weight excluding hydrogens is 664 g/mol. The molecule has 0 aliphatic rings. The fraction of sp³-hybridized carbons (Fsp3) is 0.641. The molecule has 0 saturated heterocycles. The van der Waals surface area contributed by atoms with E-state index in [1.165, 1.54) is 0 Å². The maximum Gasteiger partial charge on any atom is 0.237 e. The molecule has 0 bridgehead atoms. The Labute approximate surface area is 309 Å². The number of aliphatic hydroxyl groups is 1. The smallest absolute Gasteiger partial charge is 0.237 e. The molecule has 0 spiro atoms. The zero-order valence-electron chi connectivity index (χ0n) is 32.3. The Bertz CT molecular complexity index is 1490. The van der Waals surface area contributed by atoms with Crippen LogP contribution in [0.15, 0.2) is 30.3 Å². The lowest BCUT2D eigenvalue weighted by Crippen LogP contribution is -2.59. The number of hydrogen-bond donors (Lipinski definition) is 8. The molecule has 10 N–H and O–H groups in total. The molecule has 13 heteroatoms. The lowest BCUT2D eigenvalue weighted by molar-refractivity contribution is -0.130. The summed E-state index contributed by atoms with van der Waals surface area (Å²) in [7, 11) is 0. The van der Waals surface area contributed by atoms with E-state index in [0.717, 1.165) is 35.6 Å². The quantitative estimate of drug-likeness (QED) is 0.0745. The number of nitrogens with one attached hydrogen (secondary N) is 4. The van der Waals surface area contributed by atoms with Gasteiger partial charge in [-0.05, 0) is 70.4 Å². The Morgan fingerprint density at radius 2 is 1.54 bits per heavy atom. The Morgan fingerprint density at radius 3 is 2.17 bits per heavy atom. The molecule has 13 nitrogen and oxygen atoms in total. The predicted molar refractivity (Wildman–Crippen MR) is 204 cm³/mol. The van der Waals surface area contributed by atoms with Crippen molar-refractivity contribution < 1.29 is 34.1 Å². The van der Waals surface area contributed by atoms with E-state index in [1.807, 2.05) is 66.7 Å². The van der Waals surface area contributed by atoms with E-state index in [4.69, 9.17) is 16.2 Å². The summed E-state index contributed by atoms with van der Waals surface area (Å²) in [5.74, 6) is -1.21. The molecule has 0 fully saturated rings. The van der Waals surface area contributed by atoms with Gasteiger partial charge in [-0.2, -0.15) is 0 Å². The van der Waals surface area contributed by atoms with E-state index in [-0.39, 0.29) is 68.7 Å². The molecule has 0 aliphatic heterocycles. The van der Waals surface area contributed by atoms with E-state index in [9.17, 15) is 29.4 Å². The fourth-order valence-electron chi connectivity index (χ4n) is 6.00. The number of carbonyl (C=O) groups is 4. The van der Waals surface area contributed by atoms with Gasteiger partial charge in [-0.3, -0.25) is 19.2 Å². The van der Waals surface area contributed by atoms with Crippen LogP contribution in [0.4, 0.5) is 0 Å². The highest BCUT2D eigenvalue weighted by Gasteiger charge is 2.47. The maximum absolute atomic E-state index is 13.9. The van der Waals surface area contributed by atoms with Crippen molar-refractivity contribution in [2.24, 2.45) is 33.6 Å². The standard InChI is InChI=1S/C39H64N6O7/c1-26(35(50)43-17-10-8-9-16-42-33(49)22-40)37(2,3)25-45-34(39(6,7)38(4,5)15-14-32(41)48)36(51)44-18-19-52-24-28-13-11-12-27-20-29(23-46)31(47)21-30(27)28/h11-13,20-21,26,34,45-47H,8-10,14-19,22-25,40H2,1-7H3,(H2,41,48)(H,42,49)(H,43,50)(H,44,51). The molecule has 52 heavy (non-hydrogen) atoms. The summed E-state index contributed by atoms with van der Waals surface area (Å²) < 4.78 is 5.93. The van der Waals surface area contributed by atoms with Crippen molar-refractivity contribution in [3.63, 3.8) is 0 Å². The largest absolute Gasteiger partial charge is 0.508 e. The lowest BCUT2D eigenvalue weighted by Gasteiger charge is -2.47. The van der Waals surface area contributed by atoms with Gasteiger partial charge in [-0.1, -0.05) is 66.7 Å². The molecule has 2 aromatic carbocycles. The molecule has 2 unspecified atom stereocenters. The van der Waals surface area contributed by atoms with Gasteiger partial charge < -0.3 is 47.7 Å². The van der Waals surface area contributed by atoms with Crippen molar-refractivity contribution in [1.82, 2.24) is 21.3 Å². The number of aromatic hydroxyl groups is 1. The van der Waals surface area contributed by atoms with Crippen LogP contribution in [-0.2, 0) is 37.1 Å².